The maximum absolute atomic E-state index is 12.2. The summed E-state index contributed by atoms with van der Waals surface area (Å²) in [5, 5.41) is 16.0. The maximum Gasteiger partial charge on any atom is 0.105 e. The molecule has 172 valence electrons. The lowest BCUT2D eigenvalue weighted by molar-refractivity contribution is 0.468. The van der Waals surface area contributed by atoms with Crippen molar-refractivity contribution in [2.45, 2.75) is 26.3 Å². The van der Waals surface area contributed by atoms with E-state index in [1.165, 1.54) is 0 Å². The molecule has 9 heteroatoms. The van der Waals surface area contributed by atoms with Crippen LogP contribution in [0.4, 0.5) is 0 Å². The molecule has 0 radical (unpaired) electrons. The number of allylic oxidation sites excluding steroid dienone is 2. The summed E-state index contributed by atoms with van der Waals surface area (Å²) in [7, 11) is 0.946. The molecule has 4 heterocycles. The largest absolute Gasteiger partial charge is 0.513 e. The lowest BCUT2D eigenvalue weighted by Gasteiger charge is -2.16. The molecule has 1 unspecified atom stereocenters. The van der Waals surface area contributed by atoms with Gasteiger partial charge in [0.1, 0.15) is 11.6 Å². The third-order valence-corrected chi connectivity index (χ3v) is 7.46. The van der Waals surface area contributed by atoms with E-state index in [0.29, 0.717) is 29.1 Å². The number of hydrogen-bond acceptors (Lipinski definition) is 5. The molecule has 0 amide bonds. The van der Waals surface area contributed by atoms with Gasteiger partial charge < -0.3 is 5.11 Å². The van der Waals surface area contributed by atoms with Crippen molar-refractivity contribution in [3.05, 3.63) is 75.3 Å². The van der Waals surface area contributed by atoms with E-state index >= 15 is 0 Å². The van der Waals surface area contributed by atoms with E-state index in [9.17, 15) is 9.32 Å². The Morgan fingerprint density at radius 1 is 1.33 bits per heavy atom. The van der Waals surface area contributed by atoms with Crippen molar-refractivity contribution in [1.82, 2.24) is 24.1 Å². The van der Waals surface area contributed by atoms with Gasteiger partial charge in [0.05, 0.1) is 21.7 Å². The van der Waals surface area contributed by atoms with Gasteiger partial charge in [-0.25, -0.2) is 13.5 Å². The molecule has 7 nitrogen and oxygen atoms in total. The minimum Gasteiger partial charge on any atom is -0.513 e. The zero-order chi connectivity index (χ0) is 23.4. The van der Waals surface area contributed by atoms with Crippen LogP contribution in [-0.4, -0.2) is 45.7 Å². The van der Waals surface area contributed by atoms with Crippen molar-refractivity contribution < 1.29 is 9.32 Å². The zero-order valence-electron chi connectivity index (χ0n) is 18.6. The summed E-state index contributed by atoms with van der Waals surface area (Å²) in [5.41, 5.74) is 4.63. The first-order chi connectivity index (χ1) is 16.0. The first kappa shape index (κ1) is 23.4. The minimum atomic E-state index is -0.936. The number of halogens is 1. The lowest BCUT2D eigenvalue weighted by Crippen LogP contribution is -2.31. The van der Waals surface area contributed by atoms with E-state index in [-0.39, 0.29) is 0 Å². The van der Waals surface area contributed by atoms with Crippen LogP contribution >= 0.6 is 11.6 Å². The maximum atomic E-state index is 12.2. The fourth-order valence-corrected chi connectivity index (χ4v) is 5.49. The van der Waals surface area contributed by atoms with E-state index in [4.69, 9.17) is 11.6 Å². The number of nitrogens with zero attached hydrogens (tertiary/aromatic N) is 5. The van der Waals surface area contributed by atoms with Crippen molar-refractivity contribution in [1.29, 1.82) is 0 Å². The summed E-state index contributed by atoms with van der Waals surface area (Å²) in [4.78, 5) is 8.69. The minimum absolute atomic E-state index is 0.495. The van der Waals surface area contributed by atoms with Crippen LogP contribution in [0.15, 0.2) is 42.9 Å². The summed E-state index contributed by atoms with van der Waals surface area (Å²) in [6.45, 7) is 3.29. The first-order valence-electron chi connectivity index (χ1n) is 10.7. The van der Waals surface area contributed by atoms with Gasteiger partial charge >= 0.3 is 0 Å². The van der Waals surface area contributed by atoms with Gasteiger partial charge in [-0.2, -0.15) is 5.10 Å². The molecule has 3 aromatic heterocycles. The predicted octanol–water partition coefficient (Wildman–Crippen LogP) is 2.58. The van der Waals surface area contributed by atoms with Crippen LogP contribution in [0, 0.1) is 6.92 Å². The van der Waals surface area contributed by atoms with Crippen LogP contribution in [0.25, 0.3) is 23.6 Å². The number of hydrogen-bond donors (Lipinski definition) is 1. The summed E-state index contributed by atoms with van der Waals surface area (Å²) in [5.74, 6) is 0.714. The van der Waals surface area contributed by atoms with Crippen molar-refractivity contribution in [2.75, 3.05) is 12.3 Å². The average molecular weight is 484 g/mol. The summed E-state index contributed by atoms with van der Waals surface area (Å²) >= 11 is 6.46. The number of aliphatic hydroxyl groups is 1. The van der Waals surface area contributed by atoms with Crippen LogP contribution in [-0.2, 0) is 31.0 Å². The topological polar surface area (TPSA) is 84.1 Å². The Bertz CT molecular complexity index is 1340. The van der Waals surface area contributed by atoms with Crippen LogP contribution in [0.3, 0.4) is 0 Å². The van der Waals surface area contributed by atoms with E-state index in [1.54, 1.807) is 23.3 Å². The molecule has 4 rings (SSSR count). The van der Waals surface area contributed by atoms with Gasteiger partial charge in [0.2, 0.25) is 0 Å². The average Bonchev–Trinajstić information content (AvgIpc) is 3.40. The van der Waals surface area contributed by atoms with Crippen molar-refractivity contribution in [3.63, 3.8) is 0 Å². The molecule has 1 fully saturated rings. The van der Waals surface area contributed by atoms with Gasteiger partial charge in [-0.1, -0.05) is 29.8 Å². The summed E-state index contributed by atoms with van der Waals surface area (Å²) in [6, 6.07) is 3.92. The molecule has 3 aromatic rings. The van der Waals surface area contributed by atoms with E-state index in [2.05, 4.69) is 15.1 Å². The molecule has 0 aliphatic carbocycles. The van der Waals surface area contributed by atoms with Crippen molar-refractivity contribution in [3.8, 4) is 11.3 Å². The van der Waals surface area contributed by atoms with Gasteiger partial charge in [0, 0.05) is 61.0 Å². The molecule has 1 atom stereocenters. The highest BCUT2D eigenvalue weighted by molar-refractivity contribution is 7.82. The third-order valence-electron chi connectivity index (χ3n) is 5.61. The second-order valence-corrected chi connectivity index (χ2v) is 9.85. The molecular formula is C24H26ClN5O2S. The fourth-order valence-electron chi connectivity index (χ4n) is 3.98. The fraction of sp³-hybridized carbons (Fsp3) is 0.292. The highest BCUT2D eigenvalue weighted by atomic mass is 35.5. The number of pyridine rings is 2. The van der Waals surface area contributed by atoms with Gasteiger partial charge in [0.25, 0.3) is 0 Å². The van der Waals surface area contributed by atoms with Crippen LogP contribution in [0.1, 0.15) is 23.2 Å². The zero-order valence-corrected chi connectivity index (χ0v) is 20.2. The van der Waals surface area contributed by atoms with Gasteiger partial charge in [0.15, 0.2) is 0 Å². The number of aliphatic hydroxyl groups excluding tert-OH is 1. The smallest absolute Gasteiger partial charge is 0.105 e. The van der Waals surface area contributed by atoms with Crippen molar-refractivity contribution in [2.24, 2.45) is 7.05 Å². The molecular weight excluding hydrogens is 458 g/mol. The van der Waals surface area contributed by atoms with Crippen LogP contribution in [0.2, 0.25) is 5.02 Å². The Kier molecular flexibility index (Phi) is 7.37. The summed E-state index contributed by atoms with van der Waals surface area (Å²) in [6.07, 6.45) is 13.6. The highest BCUT2D eigenvalue weighted by Gasteiger charge is 2.21. The number of aryl methyl sites for hydroxylation is 2. The van der Waals surface area contributed by atoms with E-state index in [1.807, 2.05) is 48.6 Å². The molecule has 0 bridgehead atoms. The molecule has 1 aliphatic heterocycles. The molecule has 0 spiro atoms. The third kappa shape index (κ3) is 5.24. The SMILES string of the molecule is Cc1cc(-c2ccnn2C)c(=C/C=C\Cc2c(Cl)cncc2CN2CCCS2=O)/c(=C/O)n1. The standard InChI is InChI=1S/C24H26ClN5O2S/c1-17-12-21(24-8-9-27-29(24)2)20(23(16-31)28-17)7-4-3-6-19-18(13-26-14-22(19)25)15-30-10-5-11-33(30)32/h3-4,7-9,12-14,16,31H,5-6,10-11,15H2,1-2H3/b4-3-,20-7-,23-16-. The summed E-state index contributed by atoms with van der Waals surface area (Å²) < 4.78 is 15.9. The highest BCUT2D eigenvalue weighted by Crippen LogP contribution is 2.23. The van der Waals surface area contributed by atoms with E-state index in [0.717, 1.165) is 52.5 Å². The Morgan fingerprint density at radius 3 is 2.88 bits per heavy atom. The lowest BCUT2D eigenvalue weighted by atomic mass is 10.1. The predicted molar refractivity (Wildman–Crippen MR) is 132 cm³/mol. The quantitative estimate of drug-likeness (QED) is 0.582. The number of aromatic nitrogens is 4. The van der Waals surface area contributed by atoms with Crippen LogP contribution in [0.5, 0.6) is 0 Å². The Hall–Kier alpha value is -2.81. The second kappa shape index (κ2) is 10.4. The number of rotatable bonds is 6. The molecule has 1 saturated heterocycles. The Morgan fingerprint density at radius 2 is 2.18 bits per heavy atom. The molecule has 0 saturated carbocycles. The Balaban J connectivity index is 1.65. The Labute approximate surface area is 200 Å². The van der Waals surface area contributed by atoms with Gasteiger partial charge in [-0.05, 0) is 43.0 Å². The molecule has 0 aromatic carbocycles. The van der Waals surface area contributed by atoms with Gasteiger partial charge in [-0.15, -0.1) is 0 Å². The normalized spacial score (nSPS) is 18.1. The molecule has 1 aliphatic rings. The monoisotopic (exact) mass is 483 g/mol. The van der Waals surface area contributed by atoms with Crippen molar-refractivity contribution >= 4 is 34.9 Å². The first-order valence-corrected chi connectivity index (χ1v) is 12.4. The van der Waals surface area contributed by atoms with Crippen LogP contribution < -0.4 is 10.6 Å². The molecule has 1 N–H and O–H groups in total. The van der Waals surface area contributed by atoms with E-state index < -0.39 is 11.0 Å². The second-order valence-electron chi connectivity index (χ2n) is 7.88. The molecule has 33 heavy (non-hydrogen) atoms. The van der Waals surface area contributed by atoms with Gasteiger partial charge in [-0.3, -0.25) is 9.67 Å².